The number of likely N-dealkylation sites (N-methyl/N-ethyl adjacent to an activating group) is 1. The molecule has 0 saturated carbocycles. The van der Waals surface area contributed by atoms with Crippen LogP contribution in [0.4, 0.5) is 5.69 Å². The largest absolute Gasteiger partial charge is 0.369 e. The van der Waals surface area contributed by atoms with Gasteiger partial charge in [0.15, 0.2) is 0 Å². The highest BCUT2D eigenvalue weighted by molar-refractivity contribution is 7.98. The summed E-state index contributed by atoms with van der Waals surface area (Å²) < 4.78 is 0. The first kappa shape index (κ1) is 13.7. The normalized spacial score (nSPS) is 17.0. The fraction of sp³-hybridized carbons (Fsp3) is 0.500. The van der Waals surface area contributed by atoms with Crippen molar-refractivity contribution in [2.45, 2.75) is 4.90 Å². The van der Waals surface area contributed by atoms with E-state index in [4.69, 9.17) is 0 Å². The minimum absolute atomic E-state index is 0. The minimum Gasteiger partial charge on any atom is -0.369 e. The van der Waals surface area contributed by atoms with Crippen molar-refractivity contribution in [3.05, 3.63) is 24.3 Å². The van der Waals surface area contributed by atoms with Crippen LogP contribution in [0, 0.1) is 0 Å². The molecule has 0 atom stereocenters. The van der Waals surface area contributed by atoms with E-state index < -0.39 is 0 Å². The summed E-state index contributed by atoms with van der Waals surface area (Å²) in [5.74, 6) is 0. The summed E-state index contributed by atoms with van der Waals surface area (Å²) in [6, 6.07) is 8.82. The molecule has 0 aliphatic carbocycles. The molecule has 0 N–H and O–H groups in total. The first-order valence-electron chi connectivity index (χ1n) is 5.37. The average molecular weight is 259 g/mol. The van der Waals surface area contributed by atoms with Gasteiger partial charge in [-0.05, 0) is 31.5 Å². The van der Waals surface area contributed by atoms with Gasteiger partial charge in [-0.2, -0.15) is 0 Å². The number of thioether (sulfide) groups is 1. The highest BCUT2D eigenvalue weighted by Crippen LogP contribution is 2.22. The summed E-state index contributed by atoms with van der Waals surface area (Å²) >= 11 is 1.81. The van der Waals surface area contributed by atoms with E-state index in [9.17, 15) is 0 Å². The van der Waals surface area contributed by atoms with Crippen LogP contribution >= 0.6 is 24.2 Å². The SMILES string of the molecule is CSc1cccc(N2CCN(C)CC2)c1.Cl. The minimum atomic E-state index is 0. The number of halogens is 1. The lowest BCUT2D eigenvalue weighted by Gasteiger charge is -2.34. The third-order valence-electron chi connectivity index (χ3n) is 2.92. The number of hydrogen-bond donors (Lipinski definition) is 0. The molecule has 2 rings (SSSR count). The summed E-state index contributed by atoms with van der Waals surface area (Å²) in [5, 5.41) is 0. The zero-order chi connectivity index (χ0) is 10.7. The highest BCUT2D eigenvalue weighted by Gasteiger charge is 2.13. The van der Waals surface area contributed by atoms with Crippen molar-refractivity contribution in [1.82, 2.24) is 4.90 Å². The van der Waals surface area contributed by atoms with E-state index in [1.807, 2.05) is 11.8 Å². The van der Waals surface area contributed by atoms with Crippen molar-refractivity contribution in [3.8, 4) is 0 Å². The van der Waals surface area contributed by atoms with Crippen LogP contribution < -0.4 is 4.90 Å². The molecular weight excluding hydrogens is 240 g/mol. The second kappa shape index (κ2) is 6.38. The molecule has 0 spiro atoms. The van der Waals surface area contributed by atoms with E-state index in [0.717, 1.165) is 13.1 Å². The van der Waals surface area contributed by atoms with Gasteiger partial charge in [-0.3, -0.25) is 0 Å². The van der Waals surface area contributed by atoms with Crippen LogP contribution in [0.15, 0.2) is 29.2 Å². The van der Waals surface area contributed by atoms with Crippen LogP contribution in [-0.4, -0.2) is 44.4 Å². The molecule has 0 bridgehead atoms. The fourth-order valence-electron chi connectivity index (χ4n) is 1.87. The van der Waals surface area contributed by atoms with Crippen LogP contribution in [0.1, 0.15) is 0 Å². The van der Waals surface area contributed by atoms with Gasteiger partial charge >= 0.3 is 0 Å². The standard InChI is InChI=1S/C12H18N2S.ClH/c1-13-6-8-14(9-7-13)11-4-3-5-12(10-11)15-2;/h3-5,10H,6-9H2,1-2H3;1H. The molecule has 1 saturated heterocycles. The number of nitrogens with zero attached hydrogens (tertiary/aromatic N) is 2. The molecule has 1 aliphatic rings. The van der Waals surface area contributed by atoms with E-state index >= 15 is 0 Å². The van der Waals surface area contributed by atoms with Crippen molar-refractivity contribution in [2.24, 2.45) is 0 Å². The molecule has 4 heteroatoms. The smallest absolute Gasteiger partial charge is 0.0378 e. The molecule has 1 aliphatic heterocycles. The molecule has 16 heavy (non-hydrogen) atoms. The molecular formula is C12H19ClN2S. The molecule has 0 amide bonds. The Labute approximate surface area is 108 Å². The van der Waals surface area contributed by atoms with Gasteiger partial charge < -0.3 is 9.80 Å². The first-order chi connectivity index (χ1) is 7.29. The Bertz CT molecular complexity index is 325. The van der Waals surface area contributed by atoms with E-state index in [1.54, 1.807) is 0 Å². The Kier molecular flexibility index (Phi) is 5.46. The monoisotopic (exact) mass is 258 g/mol. The second-order valence-corrected chi connectivity index (χ2v) is 4.87. The molecule has 90 valence electrons. The number of benzene rings is 1. The van der Waals surface area contributed by atoms with Crippen molar-refractivity contribution < 1.29 is 0 Å². The zero-order valence-corrected chi connectivity index (χ0v) is 11.5. The van der Waals surface area contributed by atoms with E-state index in [0.29, 0.717) is 0 Å². The van der Waals surface area contributed by atoms with Crippen LogP contribution in [0.25, 0.3) is 0 Å². The molecule has 2 nitrogen and oxygen atoms in total. The second-order valence-electron chi connectivity index (χ2n) is 3.99. The molecule has 1 fully saturated rings. The quantitative estimate of drug-likeness (QED) is 0.753. The maximum Gasteiger partial charge on any atom is 0.0378 e. The van der Waals surface area contributed by atoms with Gasteiger partial charge in [0.25, 0.3) is 0 Å². The molecule has 0 radical (unpaired) electrons. The Hall–Kier alpha value is -0.380. The van der Waals surface area contributed by atoms with E-state index in [2.05, 4.69) is 47.4 Å². The zero-order valence-electron chi connectivity index (χ0n) is 9.85. The molecule has 1 heterocycles. The molecule has 1 aromatic carbocycles. The third kappa shape index (κ3) is 3.30. The number of rotatable bonds is 2. The third-order valence-corrected chi connectivity index (χ3v) is 3.65. The predicted molar refractivity (Wildman–Crippen MR) is 75.2 cm³/mol. The molecule has 0 aromatic heterocycles. The maximum atomic E-state index is 2.47. The molecule has 1 aromatic rings. The van der Waals surface area contributed by atoms with Gasteiger partial charge in [0.05, 0.1) is 0 Å². The maximum absolute atomic E-state index is 2.47. The van der Waals surface area contributed by atoms with Crippen molar-refractivity contribution in [3.63, 3.8) is 0 Å². The number of piperazine rings is 1. The lowest BCUT2D eigenvalue weighted by molar-refractivity contribution is 0.313. The fourth-order valence-corrected chi connectivity index (χ4v) is 2.33. The van der Waals surface area contributed by atoms with Crippen LogP contribution in [0.2, 0.25) is 0 Å². The van der Waals surface area contributed by atoms with Crippen LogP contribution in [-0.2, 0) is 0 Å². The number of anilines is 1. The van der Waals surface area contributed by atoms with Crippen LogP contribution in [0.5, 0.6) is 0 Å². The highest BCUT2D eigenvalue weighted by atomic mass is 35.5. The molecule has 0 unspecified atom stereocenters. The topological polar surface area (TPSA) is 6.48 Å². The van der Waals surface area contributed by atoms with Crippen molar-refractivity contribution in [2.75, 3.05) is 44.4 Å². The van der Waals surface area contributed by atoms with Gasteiger partial charge in [-0.15, -0.1) is 24.2 Å². The Morgan fingerprint density at radius 1 is 1.12 bits per heavy atom. The van der Waals surface area contributed by atoms with Crippen molar-refractivity contribution >= 4 is 29.9 Å². The Morgan fingerprint density at radius 2 is 1.81 bits per heavy atom. The van der Waals surface area contributed by atoms with E-state index in [-0.39, 0.29) is 12.4 Å². The first-order valence-corrected chi connectivity index (χ1v) is 6.59. The number of hydrogen-bond acceptors (Lipinski definition) is 3. The summed E-state index contributed by atoms with van der Waals surface area (Å²) in [7, 11) is 2.19. The van der Waals surface area contributed by atoms with Gasteiger partial charge in [-0.1, -0.05) is 6.07 Å². The lowest BCUT2D eigenvalue weighted by atomic mass is 10.2. The van der Waals surface area contributed by atoms with Crippen LogP contribution in [0.3, 0.4) is 0 Å². The summed E-state index contributed by atoms with van der Waals surface area (Å²) in [6.45, 7) is 4.63. The Balaban J connectivity index is 0.00000128. The van der Waals surface area contributed by atoms with Gasteiger partial charge in [0.1, 0.15) is 0 Å². The summed E-state index contributed by atoms with van der Waals surface area (Å²) in [4.78, 5) is 6.21. The summed E-state index contributed by atoms with van der Waals surface area (Å²) in [5.41, 5.74) is 1.37. The van der Waals surface area contributed by atoms with Gasteiger partial charge in [-0.25, -0.2) is 0 Å². The average Bonchev–Trinajstić information content (AvgIpc) is 2.30. The van der Waals surface area contributed by atoms with Crippen molar-refractivity contribution in [1.29, 1.82) is 0 Å². The summed E-state index contributed by atoms with van der Waals surface area (Å²) in [6.07, 6.45) is 2.13. The van der Waals surface area contributed by atoms with Gasteiger partial charge in [0, 0.05) is 36.8 Å². The predicted octanol–water partition coefficient (Wildman–Crippen LogP) is 2.58. The Morgan fingerprint density at radius 3 is 2.44 bits per heavy atom. The van der Waals surface area contributed by atoms with E-state index in [1.165, 1.54) is 23.7 Å². The lowest BCUT2D eigenvalue weighted by Crippen LogP contribution is -2.44. The van der Waals surface area contributed by atoms with Gasteiger partial charge in [0.2, 0.25) is 0 Å².